The smallest absolute Gasteiger partial charge is 0.416 e. The van der Waals surface area contributed by atoms with Gasteiger partial charge >= 0.3 is 6.18 Å². The van der Waals surface area contributed by atoms with Crippen LogP contribution in [0.5, 0.6) is 5.75 Å². The van der Waals surface area contributed by atoms with Crippen molar-refractivity contribution in [3.8, 4) is 5.75 Å². The van der Waals surface area contributed by atoms with Crippen molar-refractivity contribution in [1.82, 2.24) is 19.7 Å². The highest BCUT2D eigenvalue weighted by Gasteiger charge is 2.30. The van der Waals surface area contributed by atoms with E-state index in [0.29, 0.717) is 36.6 Å². The van der Waals surface area contributed by atoms with Crippen LogP contribution in [0.25, 0.3) is 0 Å². The van der Waals surface area contributed by atoms with Gasteiger partial charge in [0.25, 0.3) is 0 Å². The number of hydrogen-bond donors (Lipinski definition) is 0. The third-order valence-corrected chi connectivity index (χ3v) is 6.41. The van der Waals surface area contributed by atoms with Crippen molar-refractivity contribution in [2.45, 2.75) is 38.4 Å². The molecule has 0 saturated carbocycles. The number of Topliss-reactive ketones (excluding diaryl/α,β-unsaturated/α-hetero) is 1. The van der Waals surface area contributed by atoms with Crippen molar-refractivity contribution >= 4 is 28.8 Å². The fourth-order valence-corrected chi connectivity index (χ4v) is 4.14. The Morgan fingerprint density at radius 1 is 1.17 bits per heavy atom. The van der Waals surface area contributed by atoms with Crippen molar-refractivity contribution in [2.75, 3.05) is 18.6 Å². The molecule has 1 aliphatic heterocycles. The van der Waals surface area contributed by atoms with Crippen LogP contribution in [0.15, 0.2) is 48.9 Å². The molecule has 0 aliphatic carbocycles. The third-order valence-electron chi connectivity index (χ3n) is 5.81. The Morgan fingerprint density at radius 3 is 2.69 bits per heavy atom. The summed E-state index contributed by atoms with van der Waals surface area (Å²) in [6, 6.07) is 8.51. The molecule has 2 aromatic heterocycles. The Bertz CT molecular complexity index is 1200. The van der Waals surface area contributed by atoms with Gasteiger partial charge in [-0.1, -0.05) is 30.8 Å². The normalized spacial score (nSPS) is 15.9. The molecule has 0 spiro atoms. The summed E-state index contributed by atoms with van der Waals surface area (Å²) in [5.41, 5.74) is -0.0782. The molecule has 0 N–H and O–H groups in total. The molecule has 3 aromatic rings. The van der Waals surface area contributed by atoms with Crippen LogP contribution in [0.4, 0.5) is 19.0 Å². The number of carbonyl (C=O) groups is 1. The van der Waals surface area contributed by atoms with Crippen molar-refractivity contribution < 1.29 is 22.7 Å². The van der Waals surface area contributed by atoms with Gasteiger partial charge < -0.3 is 9.64 Å². The van der Waals surface area contributed by atoms with Crippen molar-refractivity contribution in [2.24, 2.45) is 5.92 Å². The number of benzene rings is 1. The Morgan fingerprint density at radius 2 is 1.94 bits per heavy atom. The van der Waals surface area contributed by atoms with E-state index in [1.165, 1.54) is 23.1 Å². The van der Waals surface area contributed by atoms with Gasteiger partial charge in [0.15, 0.2) is 11.6 Å². The Kier molecular flexibility index (Phi) is 7.44. The third kappa shape index (κ3) is 6.02. The van der Waals surface area contributed by atoms with E-state index in [1.807, 2.05) is 24.1 Å². The van der Waals surface area contributed by atoms with Gasteiger partial charge in [-0.05, 0) is 42.7 Å². The molecule has 1 aromatic carbocycles. The zero-order valence-corrected chi connectivity index (χ0v) is 19.8. The number of ketones is 1. The first-order chi connectivity index (χ1) is 16.7. The van der Waals surface area contributed by atoms with Crippen LogP contribution < -0.4 is 9.64 Å². The van der Waals surface area contributed by atoms with Gasteiger partial charge in [0.2, 0.25) is 11.6 Å². The molecule has 1 aliphatic rings. The first-order valence-corrected chi connectivity index (χ1v) is 11.6. The number of nitrogens with zero attached hydrogens (tertiary/aromatic N) is 5. The number of carbonyl (C=O) groups excluding carboxylic acids is 1. The lowest BCUT2D eigenvalue weighted by Gasteiger charge is -2.21. The number of pyridine rings is 1. The molecule has 11 heteroatoms. The predicted molar refractivity (Wildman–Crippen MR) is 128 cm³/mol. The first-order valence-electron chi connectivity index (χ1n) is 11.2. The van der Waals surface area contributed by atoms with Gasteiger partial charge in [0.05, 0.1) is 23.7 Å². The zero-order valence-electron chi connectivity index (χ0n) is 19.0. The van der Waals surface area contributed by atoms with E-state index in [-0.39, 0.29) is 24.1 Å². The molecule has 184 valence electrons. The molecule has 0 amide bonds. The van der Waals surface area contributed by atoms with E-state index in [0.717, 1.165) is 30.0 Å². The topological polar surface area (TPSA) is 73.1 Å². The van der Waals surface area contributed by atoms with Crippen LogP contribution in [0.3, 0.4) is 0 Å². The molecule has 0 bridgehead atoms. The zero-order chi connectivity index (χ0) is 25.0. The number of unbranched alkanes of at least 4 members (excludes halogenated alkanes) is 1. The minimum Gasteiger partial charge on any atom is -0.489 e. The summed E-state index contributed by atoms with van der Waals surface area (Å²) in [6.45, 7) is 0.689. The molecular formula is C24H24F3N5O2S. The van der Waals surface area contributed by atoms with Crippen molar-refractivity contribution in [1.29, 1.82) is 0 Å². The summed E-state index contributed by atoms with van der Waals surface area (Å²) in [6.07, 6.45) is 1.24. The molecule has 0 fully saturated rings. The van der Waals surface area contributed by atoms with Gasteiger partial charge in [-0.25, -0.2) is 14.6 Å². The fraction of sp³-hybridized carbons (Fsp3) is 0.375. The number of alkyl halides is 3. The van der Waals surface area contributed by atoms with E-state index < -0.39 is 11.7 Å². The number of aromatic nitrogens is 4. The number of thiocarbonyl (C=S) groups is 1. The van der Waals surface area contributed by atoms with E-state index in [1.54, 1.807) is 6.20 Å². The second-order valence-corrected chi connectivity index (χ2v) is 8.78. The summed E-state index contributed by atoms with van der Waals surface area (Å²) < 4.78 is 45.4. The molecular weight excluding hydrogens is 479 g/mol. The molecule has 0 radical (unpaired) electrons. The summed E-state index contributed by atoms with van der Waals surface area (Å²) in [7, 11) is 1.88. The summed E-state index contributed by atoms with van der Waals surface area (Å²) in [4.78, 5) is 23.6. The summed E-state index contributed by atoms with van der Waals surface area (Å²) in [5, 5.41) is 4.18. The second kappa shape index (κ2) is 10.5. The first kappa shape index (κ1) is 24.8. The summed E-state index contributed by atoms with van der Waals surface area (Å²) >= 11 is 5.63. The van der Waals surface area contributed by atoms with Crippen LogP contribution in [-0.2, 0) is 12.7 Å². The number of rotatable bonds is 8. The molecule has 35 heavy (non-hydrogen) atoms. The average Bonchev–Trinajstić information content (AvgIpc) is 3.27. The maximum absolute atomic E-state index is 12.7. The van der Waals surface area contributed by atoms with Crippen LogP contribution in [0.1, 0.15) is 47.4 Å². The van der Waals surface area contributed by atoms with Crippen LogP contribution >= 0.6 is 12.2 Å². The Balaban J connectivity index is 1.24. The van der Waals surface area contributed by atoms with Gasteiger partial charge in [-0.2, -0.15) is 13.2 Å². The Hall–Kier alpha value is -3.34. The standard InChI is InChI=1S/C24H24F3N5O2S/c1-31-22-20(7-4-12-28-22)34-14-17(23(31)35)5-2-3-6-19(33)21-29-15-32(30-21)13-16-8-10-18(11-9-16)24(25,26)27/h4,7-12,15,17H,2-3,5-6,13-14H2,1H3/t17-/m0/s1. The number of anilines is 1. The SMILES string of the molecule is CN1C(=S)[C@@H](CCCCC(=O)c2ncn(Cc3ccc(C(F)(F)F)cc3)n2)COc2cccnc21. The van der Waals surface area contributed by atoms with Crippen LogP contribution in [-0.4, -0.2) is 44.2 Å². The minimum atomic E-state index is -4.38. The van der Waals surface area contributed by atoms with E-state index in [9.17, 15) is 18.0 Å². The number of hydrogen-bond acceptors (Lipinski definition) is 6. The van der Waals surface area contributed by atoms with E-state index >= 15 is 0 Å². The van der Waals surface area contributed by atoms with Gasteiger partial charge in [0, 0.05) is 25.6 Å². The highest BCUT2D eigenvalue weighted by Crippen LogP contribution is 2.31. The lowest BCUT2D eigenvalue weighted by molar-refractivity contribution is -0.137. The monoisotopic (exact) mass is 503 g/mol. The fourth-order valence-electron chi connectivity index (χ4n) is 3.87. The molecule has 3 heterocycles. The quantitative estimate of drug-likeness (QED) is 0.245. The van der Waals surface area contributed by atoms with E-state index in [4.69, 9.17) is 17.0 Å². The van der Waals surface area contributed by atoms with Crippen LogP contribution in [0.2, 0.25) is 0 Å². The van der Waals surface area contributed by atoms with Gasteiger partial charge in [0.1, 0.15) is 6.33 Å². The minimum absolute atomic E-state index is 0.0420. The Labute approximate surface area is 205 Å². The second-order valence-electron chi connectivity index (χ2n) is 8.36. The van der Waals surface area contributed by atoms with Crippen LogP contribution in [0, 0.1) is 5.92 Å². The molecule has 0 unspecified atom stereocenters. The molecule has 0 saturated heterocycles. The average molecular weight is 504 g/mol. The molecule has 4 rings (SSSR count). The maximum Gasteiger partial charge on any atom is 0.416 e. The lowest BCUT2D eigenvalue weighted by Crippen LogP contribution is -2.32. The maximum atomic E-state index is 12.7. The summed E-state index contributed by atoms with van der Waals surface area (Å²) in [5.74, 6) is 1.37. The lowest BCUT2D eigenvalue weighted by atomic mass is 10.0. The number of fused-ring (bicyclic) bond motifs is 1. The van der Waals surface area contributed by atoms with Gasteiger partial charge in [-0.15, -0.1) is 5.10 Å². The number of halogens is 3. The van der Waals surface area contributed by atoms with Gasteiger partial charge in [-0.3, -0.25) is 4.79 Å². The van der Waals surface area contributed by atoms with Crippen molar-refractivity contribution in [3.05, 3.63) is 65.9 Å². The van der Waals surface area contributed by atoms with E-state index in [2.05, 4.69) is 15.1 Å². The molecule has 1 atom stereocenters. The van der Waals surface area contributed by atoms with Crippen molar-refractivity contribution in [3.63, 3.8) is 0 Å². The highest BCUT2D eigenvalue weighted by atomic mass is 32.1. The largest absolute Gasteiger partial charge is 0.489 e. The number of ether oxygens (including phenoxy) is 1. The highest BCUT2D eigenvalue weighted by molar-refractivity contribution is 7.80. The molecule has 7 nitrogen and oxygen atoms in total. The predicted octanol–water partition coefficient (Wildman–Crippen LogP) is 4.96.